The summed E-state index contributed by atoms with van der Waals surface area (Å²) in [6, 6.07) is 7.00. The molecular weight excluding hydrogens is 232 g/mol. The van der Waals surface area contributed by atoms with Crippen LogP contribution in [0.25, 0.3) is 0 Å². The van der Waals surface area contributed by atoms with E-state index in [1.165, 1.54) is 0 Å². The molecule has 0 radical (unpaired) electrons. The van der Waals surface area contributed by atoms with E-state index < -0.39 is 0 Å². The number of hydrazine groups is 1. The number of nitrogens with one attached hydrogen (secondary N) is 2. The zero-order valence-electron chi connectivity index (χ0n) is 10.2. The van der Waals surface area contributed by atoms with Crippen molar-refractivity contribution in [3.63, 3.8) is 0 Å². The number of benzene rings is 1. The third kappa shape index (κ3) is 2.49. The standard InChI is InChI=1S/C12H14N4O2/c1-7-3-4-10(15-13)9(5-7)12(17)14-11-6-8(2)16-18-11/h3-6,15H,13H2,1-2H3,(H,14,17). The molecule has 0 spiro atoms. The highest BCUT2D eigenvalue weighted by molar-refractivity contribution is 6.07. The molecule has 2 rings (SSSR count). The smallest absolute Gasteiger partial charge is 0.260 e. The third-order valence-corrected chi connectivity index (χ3v) is 2.44. The monoisotopic (exact) mass is 246 g/mol. The van der Waals surface area contributed by atoms with Crippen molar-refractivity contribution >= 4 is 17.5 Å². The summed E-state index contributed by atoms with van der Waals surface area (Å²) in [5.74, 6) is 5.37. The predicted molar refractivity (Wildman–Crippen MR) is 68.2 cm³/mol. The minimum atomic E-state index is -0.303. The zero-order chi connectivity index (χ0) is 13.1. The van der Waals surface area contributed by atoms with Crippen LogP contribution in [-0.2, 0) is 0 Å². The van der Waals surface area contributed by atoms with E-state index in [9.17, 15) is 4.79 Å². The Bertz CT molecular complexity index is 577. The first-order valence-corrected chi connectivity index (χ1v) is 5.42. The summed E-state index contributed by atoms with van der Waals surface area (Å²) in [5, 5.41) is 6.31. The molecule has 0 aliphatic heterocycles. The van der Waals surface area contributed by atoms with Gasteiger partial charge in [0.1, 0.15) is 0 Å². The molecule has 18 heavy (non-hydrogen) atoms. The first-order chi connectivity index (χ1) is 8.60. The first kappa shape index (κ1) is 12.1. The molecule has 0 aliphatic rings. The molecule has 4 N–H and O–H groups in total. The normalized spacial score (nSPS) is 10.2. The molecule has 0 unspecified atom stereocenters. The Kier molecular flexibility index (Phi) is 3.29. The number of nitrogen functional groups attached to an aromatic ring is 1. The summed E-state index contributed by atoms with van der Waals surface area (Å²) in [6.45, 7) is 3.67. The van der Waals surface area contributed by atoms with Crippen molar-refractivity contribution in [2.24, 2.45) is 5.84 Å². The number of nitrogens with two attached hydrogens (primary N) is 1. The fraction of sp³-hybridized carbons (Fsp3) is 0.167. The number of amides is 1. The lowest BCUT2D eigenvalue weighted by Gasteiger charge is -2.08. The van der Waals surface area contributed by atoms with Crippen LogP contribution in [0.15, 0.2) is 28.8 Å². The van der Waals surface area contributed by atoms with Crippen LogP contribution in [0.1, 0.15) is 21.6 Å². The molecule has 94 valence electrons. The molecule has 0 bridgehead atoms. The molecule has 6 nitrogen and oxygen atoms in total. The molecule has 2 aromatic rings. The Labute approximate surface area is 104 Å². The number of hydrogen-bond donors (Lipinski definition) is 3. The Morgan fingerprint density at radius 2 is 2.11 bits per heavy atom. The van der Waals surface area contributed by atoms with Crippen molar-refractivity contribution in [3.05, 3.63) is 41.1 Å². The lowest BCUT2D eigenvalue weighted by Crippen LogP contribution is -2.17. The predicted octanol–water partition coefficient (Wildman–Crippen LogP) is 1.83. The van der Waals surface area contributed by atoms with Gasteiger partial charge in [-0.25, -0.2) is 0 Å². The van der Waals surface area contributed by atoms with E-state index in [1.54, 1.807) is 25.1 Å². The third-order valence-electron chi connectivity index (χ3n) is 2.44. The number of anilines is 2. The van der Waals surface area contributed by atoms with Crippen molar-refractivity contribution < 1.29 is 9.32 Å². The Hall–Kier alpha value is -2.34. The van der Waals surface area contributed by atoms with Gasteiger partial charge in [0.05, 0.1) is 16.9 Å². The van der Waals surface area contributed by atoms with Crippen LogP contribution < -0.4 is 16.6 Å². The molecule has 1 aromatic heterocycles. The van der Waals surface area contributed by atoms with E-state index in [1.807, 2.05) is 13.0 Å². The van der Waals surface area contributed by atoms with Crippen LogP contribution in [0.4, 0.5) is 11.6 Å². The van der Waals surface area contributed by atoms with E-state index in [0.717, 1.165) is 5.56 Å². The van der Waals surface area contributed by atoms with Gasteiger partial charge in [0, 0.05) is 6.07 Å². The van der Waals surface area contributed by atoms with Crippen LogP contribution in [0.5, 0.6) is 0 Å². The number of carbonyl (C=O) groups is 1. The topological polar surface area (TPSA) is 93.2 Å². The summed E-state index contributed by atoms with van der Waals surface area (Å²) >= 11 is 0. The molecule has 1 heterocycles. The number of carbonyl (C=O) groups excluding carboxylic acids is 1. The van der Waals surface area contributed by atoms with Gasteiger partial charge >= 0.3 is 0 Å². The van der Waals surface area contributed by atoms with Gasteiger partial charge in [-0.05, 0) is 26.0 Å². The summed E-state index contributed by atoms with van der Waals surface area (Å²) in [5.41, 5.74) is 5.15. The second kappa shape index (κ2) is 4.89. The summed E-state index contributed by atoms with van der Waals surface area (Å²) in [7, 11) is 0. The van der Waals surface area contributed by atoms with Gasteiger partial charge in [-0.1, -0.05) is 16.8 Å². The van der Waals surface area contributed by atoms with Gasteiger partial charge in [-0.3, -0.25) is 16.0 Å². The van der Waals surface area contributed by atoms with Gasteiger partial charge in [-0.15, -0.1) is 0 Å². The van der Waals surface area contributed by atoms with E-state index in [0.29, 0.717) is 22.8 Å². The highest BCUT2D eigenvalue weighted by Gasteiger charge is 2.13. The molecule has 0 atom stereocenters. The fourth-order valence-electron chi connectivity index (χ4n) is 1.57. The average molecular weight is 246 g/mol. The Balaban J connectivity index is 2.25. The molecule has 0 saturated carbocycles. The summed E-state index contributed by atoms with van der Waals surface area (Å²) in [6.07, 6.45) is 0. The van der Waals surface area contributed by atoms with Crippen molar-refractivity contribution in [1.82, 2.24) is 5.16 Å². The molecule has 0 fully saturated rings. The number of rotatable bonds is 3. The van der Waals surface area contributed by atoms with Crippen LogP contribution in [0.3, 0.4) is 0 Å². The molecule has 1 amide bonds. The second-order valence-corrected chi connectivity index (χ2v) is 3.98. The van der Waals surface area contributed by atoms with Crippen molar-refractivity contribution in [2.45, 2.75) is 13.8 Å². The number of aromatic nitrogens is 1. The minimum absolute atomic E-state index is 0.303. The van der Waals surface area contributed by atoms with Crippen LogP contribution in [-0.4, -0.2) is 11.1 Å². The van der Waals surface area contributed by atoms with Crippen LogP contribution in [0.2, 0.25) is 0 Å². The number of hydrogen-bond acceptors (Lipinski definition) is 5. The molecule has 0 saturated heterocycles. The lowest BCUT2D eigenvalue weighted by atomic mass is 10.1. The molecule has 1 aromatic carbocycles. The molecular formula is C12H14N4O2. The summed E-state index contributed by atoms with van der Waals surface area (Å²) in [4.78, 5) is 12.1. The maximum atomic E-state index is 12.1. The van der Waals surface area contributed by atoms with Crippen LogP contribution in [0, 0.1) is 13.8 Å². The van der Waals surface area contributed by atoms with E-state index in [-0.39, 0.29) is 5.91 Å². The van der Waals surface area contributed by atoms with Gasteiger partial charge in [-0.2, -0.15) is 0 Å². The highest BCUT2D eigenvalue weighted by Crippen LogP contribution is 2.18. The van der Waals surface area contributed by atoms with Crippen molar-refractivity contribution in [2.75, 3.05) is 10.7 Å². The zero-order valence-corrected chi connectivity index (χ0v) is 10.2. The van der Waals surface area contributed by atoms with Gasteiger partial charge in [0.2, 0.25) is 5.88 Å². The quantitative estimate of drug-likeness (QED) is 0.567. The van der Waals surface area contributed by atoms with Crippen LogP contribution >= 0.6 is 0 Å². The van der Waals surface area contributed by atoms with Gasteiger partial charge in [0.15, 0.2) is 0 Å². The first-order valence-electron chi connectivity index (χ1n) is 5.42. The van der Waals surface area contributed by atoms with Crippen molar-refractivity contribution in [3.8, 4) is 0 Å². The van der Waals surface area contributed by atoms with Gasteiger partial charge in [0.25, 0.3) is 5.91 Å². The maximum absolute atomic E-state index is 12.1. The Morgan fingerprint density at radius 3 is 2.72 bits per heavy atom. The highest BCUT2D eigenvalue weighted by atomic mass is 16.5. The Morgan fingerprint density at radius 1 is 1.33 bits per heavy atom. The van der Waals surface area contributed by atoms with E-state index in [4.69, 9.17) is 10.4 Å². The average Bonchev–Trinajstić information content (AvgIpc) is 2.74. The van der Waals surface area contributed by atoms with E-state index in [2.05, 4.69) is 15.9 Å². The lowest BCUT2D eigenvalue weighted by molar-refractivity contribution is 0.102. The fourth-order valence-corrected chi connectivity index (χ4v) is 1.57. The summed E-state index contributed by atoms with van der Waals surface area (Å²) < 4.78 is 4.93. The number of nitrogens with zero attached hydrogens (tertiary/aromatic N) is 1. The second-order valence-electron chi connectivity index (χ2n) is 3.98. The SMILES string of the molecule is Cc1ccc(NN)c(C(=O)Nc2cc(C)no2)c1. The van der Waals surface area contributed by atoms with Crippen molar-refractivity contribution in [1.29, 1.82) is 0 Å². The minimum Gasteiger partial charge on any atom is -0.338 e. The van der Waals surface area contributed by atoms with Gasteiger partial charge < -0.3 is 9.95 Å². The number of aryl methyl sites for hydroxylation is 2. The molecule has 0 aliphatic carbocycles. The molecule has 6 heteroatoms. The maximum Gasteiger partial charge on any atom is 0.260 e. The largest absolute Gasteiger partial charge is 0.338 e. The van der Waals surface area contributed by atoms with E-state index >= 15 is 0 Å².